The molecule has 1 atom stereocenters. The first-order chi connectivity index (χ1) is 14.9. The van der Waals surface area contributed by atoms with Gasteiger partial charge in [0.05, 0.1) is 6.54 Å². The van der Waals surface area contributed by atoms with E-state index < -0.39 is 17.6 Å². The molecule has 1 saturated carbocycles. The molecule has 0 saturated heterocycles. The van der Waals surface area contributed by atoms with Crippen LogP contribution in [0.4, 0.5) is 10.2 Å². The molecule has 9 nitrogen and oxygen atoms in total. The van der Waals surface area contributed by atoms with Crippen LogP contribution in [-0.4, -0.2) is 49.4 Å². The average molecular weight is 423 g/mol. The maximum absolute atomic E-state index is 14.4. The first-order valence-electron chi connectivity index (χ1n) is 10.2. The molecule has 0 bridgehead atoms. The molecular formula is C21H22FN7O2. The van der Waals surface area contributed by atoms with Crippen molar-refractivity contribution in [2.24, 2.45) is 0 Å². The van der Waals surface area contributed by atoms with Crippen molar-refractivity contribution in [3.05, 3.63) is 59.8 Å². The van der Waals surface area contributed by atoms with Crippen LogP contribution in [0.5, 0.6) is 0 Å². The van der Waals surface area contributed by atoms with Crippen molar-refractivity contribution < 1.29 is 14.0 Å². The normalized spacial score (nSPS) is 19.6. The fourth-order valence-electron chi connectivity index (χ4n) is 3.75. The van der Waals surface area contributed by atoms with E-state index in [1.54, 1.807) is 22.5 Å². The van der Waals surface area contributed by atoms with E-state index in [-0.39, 0.29) is 11.7 Å². The van der Waals surface area contributed by atoms with E-state index >= 15 is 0 Å². The maximum atomic E-state index is 14.4. The van der Waals surface area contributed by atoms with Gasteiger partial charge >= 0.3 is 0 Å². The molecule has 2 amide bonds. The van der Waals surface area contributed by atoms with Crippen LogP contribution in [0.15, 0.2) is 42.7 Å². The Kier molecular flexibility index (Phi) is 4.57. The fourth-order valence-corrected chi connectivity index (χ4v) is 3.75. The van der Waals surface area contributed by atoms with Crippen LogP contribution in [-0.2, 0) is 23.6 Å². The minimum absolute atomic E-state index is 0.00348. The minimum atomic E-state index is -1.36. The molecule has 10 heteroatoms. The Labute approximate surface area is 177 Å². The number of anilines is 1. The molecule has 31 heavy (non-hydrogen) atoms. The van der Waals surface area contributed by atoms with Crippen molar-refractivity contribution in [1.82, 2.24) is 29.9 Å². The molecule has 1 aliphatic carbocycles. The van der Waals surface area contributed by atoms with Crippen LogP contribution in [0.1, 0.15) is 41.1 Å². The van der Waals surface area contributed by atoms with Crippen molar-refractivity contribution in [3.63, 3.8) is 0 Å². The van der Waals surface area contributed by atoms with Gasteiger partial charge in [-0.1, -0.05) is 30.3 Å². The maximum Gasteiger partial charge on any atom is 0.291 e. The summed E-state index contributed by atoms with van der Waals surface area (Å²) in [6, 6.07) is 10.6. The van der Waals surface area contributed by atoms with Gasteiger partial charge in [-0.15, -0.1) is 5.10 Å². The Bertz CT molecular complexity index is 1140. The van der Waals surface area contributed by atoms with Crippen LogP contribution in [0.3, 0.4) is 0 Å². The lowest BCUT2D eigenvalue weighted by atomic mass is 10.2. The molecule has 3 heterocycles. The van der Waals surface area contributed by atoms with Gasteiger partial charge in [0.25, 0.3) is 11.8 Å². The highest BCUT2D eigenvalue weighted by Crippen LogP contribution is 2.49. The molecule has 2 aromatic heterocycles. The number of nitrogens with one attached hydrogen (secondary N) is 1. The van der Waals surface area contributed by atoms with Crippen molar-refractivity contribution >= 4 is 17.6 Å². The molecule has 3 aromatic rings. The van der Waals surface area contributed by atoms with E-state index in [4.69, 9.17) is 0 Å². The van der Waals surface area contributed by atoms with Crippen molar-refractivity contribution in [2.45, 2.75) is 44.1 Å². The third-order valence-electron chi connectivity index (χ3n) is 5.74. The second-order valence-electron chi connectivity index (χ2n) is 8.04. The number of amides is 2. The van der Waals surface area contributed by atoms with Crippen LogP contribution in [0.25, 0.3) is 0 Å². The number of aromatic nitrogens is 5. The van der Waals surface area contributed by atoms with Crippen LogP contribution in [0, 0.1) is 0 Å². The zero-order chi connectivity index (χ0) is 21.6. The number of alkyl halides is 1. The number of hydrogen-bond acceptors (Lipinski definition) is 5. The smallest absolute Gasteiger partial charge is 0.291 e. The Morgan fingerprint density at radius 2 is 2.03 bits per heavy atom. The molecule has 1 aliphatic heterocycles. The topological polar surface area (TPSA) is 97.9 Å². The minimum Gasteiger partial charge on any atom is -0.337 e. The number of carbonyl (C=O) groups excluding carboxylic acids is 2. The zero-order valence-corrected chi connectivity index (χ0v) is 17.0. The van der Waals surface area contributed by atoms with Gasteiger partial charge in [0.15, 0.2) is 5.67 Å². The molecule has 0 radical (unpaired) electrons. The van der Waals surface area contributed by atoms with Crippen LogP contribution in [0.2, 0.25) is 0 Å². The highest BCUT2D eigenvalue weighted by molar-refractivity contribution is 6.00. The summed E-state index contributed by atoms with van der Waals surface area (Å²) in [5, 5.41) is 11.3. The lowest BCUT2D eigenvalue weighted by molar-refractivity contribution is -0.120. The molecule has 2 aliphatic rings. The number of likely N-dealkylation sites (N-methyl/N-ethyl adjacent to an activating group) is 1. The lowest BCUT2D eigenvalue weighted by Gasteiger charge is -2.20. The molecule has 1 N–H and O–H groups in total. The molecule has 1 aromatic carbocycles. The van der Waals surface area contributed by atoms with Gasteiger partial charge in [-0.05, 0) is 24.8 Å². The highest BCUT2D eigenvalue weighted by atomic mass is 19.1. The van der Waals surface area contributed by atoms with Gasteiger partial charge < -0.3 is 5.32 Å². The number of aryl methyl sites for hydroxylation is 1. The van der Waals surface area contributed by atoms with E-state index in [9.17, 15) is 14.0 Å². The largest absolute Gasteiger partial charge is 0.337 e. The first-order valence-corrected chi connectivity index (χ1v) is 10.2. The van der Waals surface area contributed by atoms with Gasteiger partial charge in [-0.3, -0.25) is 14.5 Å². The number of carbonyl (C=O) groups is 2. The standard InChI is InChI=1S/C21H22FN7O2/c1-27-17-11-16(21(22)8-9-21)25-29(17)10-7-15(20(27)31)24-19(30)18-23-13-28(26-18)12-14-5-3-2-4-6-14/h2-6,11,13,15H,7-10,12H2,1H3,(H,24,30)/t15-/m0/s1. The van der Waals surface area contributed by atoms with Crippen molar-refractivity contribution in [3.8, 4) is 0 Å². The van der Waals surface area contributed by atoms with E-state index in [2.05, 4.69) is 20.5 Å². The number of fused-ring (bicyclic) bond motifs is 1. The van der Waals surface area contributed by atoms with Gasteiger partial charge in [0, 0.05) is 19.7 Å². The fraction of sp³-hybridized carbons (Fsp3) is 0.381. The number of rotatable bonds is 5. The second-order valence-corrected chi connectivity index (χ2v) is 8.04. The molecule has 0 spiro atoms. The summed E-state index contributed by atoms with van der Waals surface area (Å²) >= 11 is 0. The van der Waals surface area contributed by atoms with Crippen molar-refractivity contribution in [2.75, 3.05) is 11.9 Å². The van der Waals surface area contributed by atoms with E-state index in [1.807, 2.05) is 30.3 Å². The number of nitrogens with zero attached hydrogens (tertiary/aromatic N) is 6. The Balaban J connectivity index is 1.26. The second kappa shape index (κ2) is 7.29. The Morgan fingerprint density at radius 3 is 2.77 bits per heavy atom. The van der Waals surface area contributed by atoms with Gasteiger partial charge in [-0.25, -0.2) is 18.7 Å². The van der Waals surface area contributed by atoms with Crippen LogP contribution < -0.4 is 10.2 Å². The summed E-state index contributed by atoms with van der Waals surface area (Å²) in [6.45, 7) is 0.883. The monoisotopic (exact) mass is 423 g/mol. The van der Waals surface area contributed by atoms with Crippen LogP contribution >= 0.6 is 0 Å². The van der Waals surface area contributed by atoms with Crippen molar-refractivity contribution in [1.29, 1.82) is 0 Å². The van der Waals surface area contributed by atoms with E-state index in [1.165, 1.54) is 11.2 Å². The molecular weight excluding hydrogens is 401 g/mol. The SMILES string of the molecule is CN1C(=O)[C@@H](NC(=O)c2ncn(Cc3ccccc3)n2)CCn2nc(C3(F)CC3)cc21. The molecule has 0 unspecified atom stereocenters. The predicted octanol–water partition coefficient (Wildman–Crippen LogP) is 1.65. The zero-order valence-electron chi connectivity index (χ0n) is 17.0. The number of hydrogen-bond donors (Lipinski definition) is 1. The quantitative estimate of drug-likeness (QED) is 0.673. The van der Waals surface area contributed by atoms with Gasteiger partial charge in [0.2, 0.25) is 5.82 Å². The summed E-state index contributed by atoms with van der Waals surface area (Å²) in [5.74, 6) is -0.264. The summed E-state index contributed by atoms with van der Waals surface area (Å²) in [4.78, 5) is 31.1. The summed E-state index contributed by atoms with van der Waals surface area (Å²) in [7, 11) is 1.61. The summed E-state index contributed by atoms with van der Waals surface area (Å²) in [5.41, 5.74) is 0.0498. The predicted molar refractivity (Wildman–Crippen MR) is 109 cm³/mol. The van der Waals surface area contributed by atoms with Gasteiger partial charge in [0.1, 0.15) is 23.9 Å². The first kappa shape index (κ1) is 19.4. The average Bonchev–Trinajstić information content (AvgIpc) is 3.19. The summed E-state index contributed by atoms with van der Waals surface area (Å²) in [6.07, 6.45) is 2.76. The van der Waals surface area contributed by atoms with E-state index in [0.717, 1.165) is 5.56 Å². The third-order valence-corrected chi connectivity index (χ3v) is 5.74. The molecule has 5 rings (SSSR count). The third kappa shape index (κ3) is 3.69. The molecule has 160 valence electrons. The number of halogens is 1. The lowest BCUT2D eigenvalue weighted by Crippen LogP contribution is -2.47. The van der Waals surface area contributed by atoms with Gasteiger partial charge in [-0.2, -0.15) is 5.10 Å². The van der Waals surface area contributed by atoms with E-state index in [0.29, 0.717) is 43.9 Å². The Morgan fingerprint density at radius 1 is 1.26 bits per heavy atom. The number of benzene rings is 1. The highest BCUT2D eigenvalue weighted by Gasteiger charge is 2.48. The molecule has 1 fully saturated rings. The Hall–Kier alpha value is -3.56. The summed E-state index contributed by atoms with van der Waals surface area (Å²) < 4.78 is 17.6.